The van der Waals surface area contributed by atoms with Crippen LogP contribution in [0.25, 0.3) is 11.3 Å². The number of aliphatic hydroxyl groups excluding tert-OH is 1. The van der Waals surface area contributed by atoms with E-state index in [1.54, 1.807) is 6.20 Å². The van der Waals surface area contributed by atoms with Gasteiger partial charge in [-0.1, -0.05) is 6.92 Å². The molecule has 1 saturated heterocycles. The van der Waals surface area contributed by atoms with E-state index in [0.29, 0.717) is 29.8 Å². The molecule has 2 aliphatic heterocycles. The highest BCUT2D eigenvalue weighted by molar-refractivity contribution is 5.76. The van der Waals surface area contributed by atoms with E-state index < -0.39 is 5.41 Å². The Balaban J connectivity index is 1.46. The molecule has 176 valence electrons. The van der Waals surface area contributed by atoms with Crippen molar-refractivity contribution < 1.29 is 5.11 Å². The number of aromatic nitrogens is 4. The smallest absolute Gasteiger partial charge is 0.228 e. The first-order chi connectivity index (χ1) is 16.4. The lowest BCUT2D eigenvalue weighted by atomic mass is 9.83. The zero-order chi connectivity index (χ0) is 23.9. The van der Waals surface area contributed by atoms with E-state index in [4.69, 9.17) is 10.1 Å². The van der Waals surface area contributed by atoms with Crippen molar-refractivity contribution in [1.29, 1.82) is 5.26 Å². The van der Waals surface area contributed by atoms with Crippen LogP contribution in [0.15, 0.2) is 30.5 Å². The first kappa shape index (κ1) is 22.3. The predicted octanol–water partition coefficient (Wildman–Crippen LogP) is 3.21. The van der Waals surface area contributed by atoms with Gasteiger partial charge < -0.3 is 20.6 Å². The third-order valence-electron chi connectivity index (χ3n) is 7.00. The van der Waals surface area contributed by atoms with E-state index >= 15 is 0 Å². The van der Waals surface area contributed by atoms with Crippen LogP contribution >= 0.6 is 0 Å². The van der Waals surface area contributed by atoms with Crippen molar-refractivity contribution in [2.24, 2.45) is 0 Å². The van der Waals surface area contributed by atoms with Gasteiger partial charge >= 0.3 is 0 Å². The van der Waals surface area contributed by atoms with Gasteiger partial charge in [-0.3, -0.25) is 0 Å². The second-order valence-electron chi connectivity index (χ2n) is 9.67. The van der Waals surface area contributed by atoms with Gasteiger partial charge in [-0.05, 0) is 63.7 Å². The van der Waals surface area contributed by atoms with Crippen molar-refractivity contribution in [3.8, 4) is 17.3 Å². The Bertz CT molecular complexity index is 1250. The van der Waals surface area contributed by atoms with E-state index in [9.17, 15) is 10.4 Å². The zero-order valence-electron chi connectivity index (χ0n) is 19.8. The van der Waals surface area contributed by atoms with Gasteiger partial charge in [-0.2, -0.15) is 10.4 Å². The van der Waals surface area contributed by atoms with Crippen LogP contribution in [0.4, 0.5) is 17.5 Å². The number of hydrogen-bond donors (Lipinski definition) is 3. The van der Waals surface area contributed by atoms with Crippen molar-refractivity contribution >= 4 is 17.5 Å². The van der Waals surface area contributed by atoms with Crippen molar-refractivity contribution in [2.45, 2.75) is 38.1 Å². The van der Waals surface area contributed by atoms with Crippen LogP contribution in [0.1, 0.15) is 42.6 Å². The Morgan fingerprint density at radius 2 is 2.09 bits per heavy atom. The molecule has 1 fully saturated rings. The topological polar surface area (TPSA) is 115 Å². The number of nitriles is 1. The number of rotatable bonds is 5. The summed E-state index contributed by atoms with van der Waals surface area (Å²) in [6.07, 6.45) is 3.82. The number of benzene rings is 1. The number of piperidine rings is 1. The van der Waals surface area contributed by atoms with Crippen LogP contribution in [0, 0.1) is 18.3 Å². The Kier molecular flexibility index (Phi) is 5.71. The fraction of sp³-hybridized carbons (Fsp3) is 0.440. The van der Waals surface area contributed by atoms with Crippen LogP contribution in [0.3, 0.4) is 0 Å². The third-order valence-corrected chi connectivity index (χ3v) is 7.00. The maximum Gasteiger partial charge on any atom is 0.228 e. The Labute approximate surface area is 199 Å². The first-order valence-corrected chi connectivity index (χ1v) is 11.7. The van der Waals surface area contributed by atoms with Crippen molar-refractivity contribution in [2.75, 3.05) is 43.9 Å². The number of aliphatic hydroxyl groups is 1. The summed E-state index contributed by atoms with van der Waals surface area (Å²) in [6.45, 7) is 6.68. The lowest BCUT2D eigenvalue weighted by Crippen LogP contribution is -2.32. The number of likely N-dealkylation sites (tertiary alicyclic amines) is 1. The molecule has 2 aromatic heterocycles. The second kappa shape index (κ2) is 8.70. The normalized spacial score (nSPS) is 20.6. The molecule has 0 saturated carbocycles. The van der Waals surface area contributed by atoms with E-state index in [1.165, 1.54) is 0 Å². The summed E-state index contributed by atoms with van der Waals surface area (Å²) in [5.74, 6) is 1.36. The number of anilines is 3. The fourth-order valence-electron chi connectivity index (χ4n) is 4.89. The summed E-state index contributed by atoms with van der Waals surface area (Å²) in [5, 5.41) is 31.1. The molecule has 0 radical (unpaired) electrons. The maximum absolute atomic E-state index is 9.99. The number of fused-ring (bicyclic) bond motifs is 1. The average molecular weight is 459 g/mol. The summed E-state index contributed by atoms with van der Waals surface area (Å²) in [7, 11) is 2.15. The Morgan fingerprint density at radius 3 is 2.82 bits per heavy atom. The molecular weight excluding hydrogens is 428 g/mol. The molecule has 1 aromatic carbocycles. The molecule has 2 aliphatic rings. The zero-order valence-corrected chi connectivity index (χ0v) is 19.8. The molecule has 5 rings (SSSR count). The van der Waals surface area contributed by atoms with Gasteiger partial charge in [0.2, 0.25) is 5.95 Å². The van der Waals surface area contributed by atoms with Crippen LogP contribution < -0.4 is 10.6 Å². The summed E-state index contributed by atoms with van der Waals surface area (Å²) >= 11 is 0. The molecular formula is C25H30N8O. The maximum atomic E-state index is 9.99. The van der Waals surface area contributed by atoms with E-state index in [2.05, 4.69) is 38.3 Å². The number of hydrogen-bond acceptors (Lipinski definition) is 8. The molecule has 9 heteroatoms. The summed E-state index contributed by atoms with van der Waals surface area (Å²) in [4.78, 5) is 11.5. The van der Waals surface area contributed by atoms with Gasteiger partial charge in [-0.15, -0.1) is 0 Å². The molecule has 4 heterocycles. The van der Waals surface area contributed by atoms with Gasteiger partial charge in [0.05, 0.1) is 35.3 Å². The predicted molar refractivity (Wildman–Crippen MR) is 131 cm³/mol. The van der Waals surface area contributed by atoms with Gasteiger partial charge in [0.15, 0.2) is 0 Å². The van der Waals surface area contributed by atoms with Gasteiger partial charge in [0.25, 0.3) is 0 Å². The number of aryl methyl sites for hydroxylation is 1. The van der Waals surface area contributed by atoms with Crippen LogP contribution in [-0.2, 0) is 5.41 Å². The molecule has 0 spiro atoms. The first-order valence-electron chi connectivity index (χ1n) is 11.7. The largest absolute Gasteiger partial charge is 0.395 e. The Morgan fingerprint density at radius 1 is 1.29 bits per heavy atom. The summed E-state index contributed by atoms with van der Waals surface area (Å²) in [5.41, 5.74) is 4.33. The highest BCUT2D eigenvalue weighted by Gasteiger charge is 2.36. The molecule has 0 amide bonds. The lowest BCUT2D eigenvalue weighted by molar-refractivity contribution is 0.213. The van der Waals surface area contributed by atoms with Crippen LogP contribution in [-0.4, -0.2) is 63.0 Å². The lowest BCUT2D eigenvalue weighted by Gasteiger charge is -2.30. The van der Waals surface area contributed by atoms with Crippen molar-refractivity contribution in [3.05, 3.63) is 47.3 Å². The molecule has 0 unspecified atom stereocenters. The molecule has 1 atom stereocenters. The fourth-order valence-corrected chi connectivity index (χ4v) is 4.89. The quantitative estimate of drug-likeness (QED) is 0.534. The average Bonchev–Trinajstić information content (AvgIpc) is 3.39. The monoisotopic (exact) mass is 458 g/mol. The Hall–Kier alpha value is -3.48. The van der Waals surface area contributed by atoms with E-state index in [-0.39, 0.29) is 6.61 Å². The molecule has 34 heavy (non-hydrogen) atoms. The van der Waals surface area contributed by atoms with Gasteiger partial charge in [0.1, 0.15) is 11.9 Å². The van der Waals surface area contributed by atoms with E-state index in [0.717, 1.165) is 54.3 Å². The minimum absolute atomic E-state index is 0.00179. The van der Waals surface area contributed by atoms with Crippen molar-refractivity contribution in [1.82, 2.24) is 24.6 Å². The molecule has 0 aliphatic carbocycles. The summed E-state index contributed by atoms with van der Waals surface area (Å²) in [6, 6.07) is 10.4. The molecule has 9 nitrogen and oxygen atoms in total. The number of nitrogens with one attached hydrogen (secondary N) is 2. The highest BCUT2D eigenvalue weighted by atomic mass is 16.3. The minimum atomic E-state index is -0.441. The second-order valence-corrected chi connectivity index (χ2v) is 9.67. The number of nitrogens with zero attached hydrogens (tertiary/aromatic N) is 6. The van der Waals surface area contributed by atoms with Crippen LogP contribution in [0.2, 0.25) is 0 Å². The van der Waals surface area contributed by atoms with Crippen molar-refractivity contribution in [3.63, 3.8) is 0 Å². The highest BCUT2D eigenvalue weighted by Crippen LogP contribution is 2.41. The SMILES string of the molecule is Cc1cc(Nc2nccc(-c3cc(C#N)c4c(c3)[C@@](C)(CO)CN4)n2)n(C2CCN(C)CC2)n1. The molecule has 0 bridgehead atoms. The van der Waals surface area contributed by atoms with E-state index in [1.807, 2.05) is 38.1 Å². The van der Waals surface area contributed by atoms with Crippen LogP contribution in [0.5, 0.6) is 0 Å². The third kappa shape index (κ3) is 4.00. The standard InChI is InChI=1S/C25H30N8O/c1-16-10-22(33(31-16)19-5-8-32(3)9-6-19)30-24-27-7-4-21(29-24)17-11-18(13-26)23-20(12-17)25(2,15-34)14-28-23/h4,7,10-12,19,28,34H,5-6,8-9,14-15H2,1-3H3,(H,27,29,30)/t25-/m1/s1. The molecule has 3 N–H and O–H groups in total. The molecule has 3 aromatic rings. The minimum Gasteiger partial charge on any atom is -0.395 e. The van der Waals surface area contributed by atoms with Gasteiger partial charge in [0, 0.05) is 29.8 Å². The van der Waals surface area contributed by atoms with Gasteiger partial charge in [-0.25, -0.2) is 14.6 Å². The summed E-state index contributed by atoms with van der Waals surface area (Å²) < 4.78 is 2.07.